The summed E-state index contributed by atoms with van der Waals surface area (Å²) in [5.41, 5.74) is 0. The molecule has 26 heavy (non-hydrogen) atoms. The number of nitrogens with one attached hydrogen (secondary N) is 2. The summed E-state index contributed by atoms with van der Waals surface area (Å²) in [6.45, 7) is 16.4. The third-order valence-corrected chi connectivity index (χ3v) is 5.42. The Bertz CT molecular complexity index is 403. The Morgan fingerprint density at radius 1 is 1.00 bits per heavy atom. The van der Waals surface area contributed by atoms with Crippen LogP contribution in [0.3, 0.4) is 0 Å². The minimum atomic E-state index is 0.541. The van der Waals surface area contributed by atoms with Gasteiger partial charge in [-0.15, -0.1) is 0 Å². The maximum atomic E-state index is 5.52. The van der Waals surface area contributed by atoms with Crippen molar-refractivity contribution in [1.82, 2.24) is 20.4 Å². The Balaban J connectivity index is 1.73. The van der Waals surface area contributed by atoms with Gasteiger partial charge >= 0.3 is 0 Å². The van der Waals surface area contributed by atoms with Crippen molar-refractivity contribution >= 4 is 5.96 Å². The molecule has 2 saturated heterocycles. The van der Waals surface area contributed by atoms with E-state index in [1.54, 1.807) is 0 Å². The van der Waals surface area contributed by atoms with E-state index in [1.165, 1.54) is 38.9 Å². The highest BCUT2D eigenvalue weighted by Crippen LogP contribution is 2.13. The highest BCUT2D eigenvalue weighted by atomic mass is 16.5. The van der Waals surface area contributed by atoms with Gasteiger partial charge in [0.1, 0.15) is 0 Å². The number of rotatable bonds is 9. The number of likely N-dealkylation sites (tertiary alicyclic amines) is 1. The summed E-state index contributed by atoms with van der Waals surface area (Å²) < 4.78 is 5.52. The first-order chi connectivity index (χ1) is 12.6. The van der Waals surface area contributed by atoms with Gasteiger partial charge in [-0.1, -0.05) is 20.8 Å². The molecule has 2 N–H and O–H groups in total. The summed E-state index contributed by atoms with van der Waals surface area (Å²) >= 11 is 0. The molecule has 2 rings (SSSR count). The lowest BCUT2D eigenvalue weighted by Crippen LogP contribution is -2.51. The van der Waals surface area contributed by atoms with Crippen LogP contribution in [0.1, 0.15) is 40.0 Å². The molecule has 2 aliphatic rings. The summed E-state index contributed by atoms with van der Waals surface area (Å²) in [6.07, 6.45) is 3.93. The van der Waals surface area contributed by atoms with Crippen LogP contribution in [0.25, 0.3) is 0 Å². The Morgan fingerprint density at radius 2 is 1.65 bits per heavy atom. The average Bonchev–Trinajstić information content (AvgIpc) is 3.14. The molecule has 0 saturated carbocycles. The molecule has 2 unspecified atom stereocenters. The molecular weight excluding hydrogens is 326 g/mol. The quantitative estimate of drug-likeness (QED) is 0.479. The topological polar surface area (TPSA) is 52.1 Å². The molecule has 2 fully saturated rings. The lowest BCUT2D eigenvalue weighted by Gasteiger charge is -2.35. The lowest BCUT2D eigenvalue weighted by molar-refractivity contribution is 0.0132. The molecule has 0 bridgehead atoms. The number of hydrogen-bond donors (Lipinski definition) is 2. The van der Waals surface area contributed by atoms with E-state index < -0.39 is 0 Å². The van der Waals surface area contributed by atoms with E-state index in [0.717, 1.165) is 45.4 Å². The Labute approximate surface area is 160 Å². The van der Waals surface area contributed by atoms with Gasteiger partial charge in [-0.25, -0.2) is 0 Å². The highest BCUT2D eigenvalue weighted by molar-refractivity contribution is 5.79. The molecule has 0 radical (unpaired) electrons. The minimum absolute atomic E-state index is 0.541. The first-order valence-electron chi connectivity index (χ1n) is 10.6. The molecular formula is C20H41N5O. The largest absolute Gasteiger partial charge is 0.379 e. The van der Waals surface area contributed by atoms with Crippen molar-refractivity contribution in [2.75, 3.05) is 66.1 Å². The number of morpholine rings is 1. The van der Waals surface area contributed by atoms with E-state index in [9.17, 15) is 0 Å². The second kappa shape index (κ2) is 11.8. The summed E-state index contributed by atoms with van der Waals surface area (Å²) in [5.74, 6) is 2.26. The second-order valence-corrected chi connectivity index (χ2v) is 8.38. The zero-order valence-electron chi connectivity index (χ0n) is 17.5. The monoisotopic (exact) mass is 367 g/mol. The predicted octanol–water partition coefficient (Wildman–Crippen LogP) is 1.63. The molecule has 6 heteroatoms. The van der Waals surface area contributed by atoms with Crippen LogP contribution in [-0.4, -0.2) is 87.9 Å². The standard InChI is InChI=1S/C20H41N5O/c1-17(2)13-19(25-9-11-26-12-10-25)15-23-20(21-4)22-14-18(3)16-24-7-5-6-8-24/h17-19H,5-16H2,1-4H3,(H2,21,22,23). The van der Waals surface area contributed by atoms with Gasteiger partial charge in [-0.05, 0) is 44.2 Å². The van der Waals surface area contributed by atoms with Crippen LogP contribution in [0.5, 0.6) is 0 Å². The van der Waals surface area contributed by atoms with Crippen LogP contribution in [0.15, 0.2) is 4.99 Å². The number of hydrogen-bond acceptors (Lipinski definition) is 4. The van der Waals surface area contributed by atoms with Gasteiger partial charge in [0.15, 0.2) is 5.96 Å². The molecule has 0 aromatic heterocycles. The summed E-state index contributed by atoms with van der Waals surface area (Å²) in [4.78, 5) is 9.58. The van der Waals surface area contributed by atoms with Crippen LogP contribution in [0.2, 0.25) is 0 Å². The van der Waals surface area contributed by atoms with E-state index in [-0.39, 0.29) is 0 Å². The van der Waals surface area contributed by atoms with Gasteiger partial charge < -0.3 is 20.3 Å². The Kier molecular flexibility index (Phi) is 9.72. The van der Waals surface area contributed by atoms with E-state index >= 15 is 0 Å². The zero-order chi connectivity index (χ0) is 18.8. The van der Waals surface area contributed by atoms with Crippen LogP contribution in [-0.2, 0) is 4.74 Å². The fraction of sp³-hybridized carbons (Fsp3) is 0.950. The Morgan fingerprint density at radius 3 is 2.27 bits per heavy atom. The maximum Gasteiger partial charge on any atom is 0.191 e. The van der Waals surface area contributed by atoms with E-state index in [0.29, 0.717) is 17.9 Å². The van der Waals surface area contributed by atoms with Crippen molar-refractivity contribution < 1.29 is 4.74 Å². The van der Waals surface area contributed by atoms with Gasteiger partial charge in [0.25, 0.3) is 0 Å². The highest BCUT2D eigenvalue weighted by Gasteiger charge is 2.22. The third-order valence-electron chi connectivity index (χ3n) is 5.42. The second-order valence-electron chi connectivity index (χ2n) is 8.38. The number of aliphatic imine (C=N–C) groups is 1. The van der Waals surface area contributed by atoms with Crippen LogP contribution < -0.4 is 10.6 Å². The van der Waals surface area contributed by atoms with Crippen molar-refractivity contribution in [2.24, 2.45) is 16.8 Å². The van der Waals surface area contributed by atoms with Crippen LogP contribution >= 0.6 is 0 Å². The van der Waals surface area contributed by atoms with Crippen molar-refractivity contribution in [2.45, 2.75) is 46.1 Å². The number of ether oxygens (including phenoxy) is 1. The molecule has 2 atom stereocenters. The number of nitrogens with zero attached hydrogens (tertiary/aromatic N) is 3. The summed E-state index contributed by atoms with van der Waals surface area (Å²) in [7, 11) is 1.87. The smallest absolute Gasteiger partial charge is 0.191 e. The molecule has 0 spiro atoms. The van der Waals surface area contributed by atoms with Crippen LogP contribution in [0, 0.1) is 11.8 Å². The normalized spacial score (nSPS) is 22.6. The summed E-state index contributed by atoms with van der Waals surface area (Å²) in [5, 5.41) is 7.09. The molecule has 2 aliphatic heterocycles. The van der Waals surface area contributed by atoms with Gasteiger partial charge in [-0.2, -0.15) is 0 Å². The zero-order valence-corrected chi connectivity index (χ0v) is 17.5. The van der Waals surface area contributed by atoms with Gasteiger partial charge in [0, 0.05) is 45.8 Å². The van der Waals surface area contributed by atoms with Gasteiger partial charge in [0.2, 0.25) is 0 Å². The van der Waals surface area contributed by atoms with E-state index in [2.05, 4.69) is 46.2 Å². The lowest BCUT2D eigenvalue weighted by atomic mass is 10.0. The fourth-order valence-corrected chi connectivity index (χ4v) is 4.02. The average molecular weight is 368 g/mol. The Hall–Kier alpha value is -0.850. The summed E-state index contributed by atoms with van der Waals surface area (Å²) in [6, 6.07) is 0.541. The first kappa shape index (κ1) is 21.5. The van der Waals surface area contributed by atoms with Crippen LogP contribution in [0.4, 0.5) is 0 Å². The molecule has 0 aromatic rings. The van der Waals surface area contributed by atoms with Crippen molar-refractivity contribution in [1.29, 1.82) is 0 Å². The molecule has 152 valence electrons. The maximum absolute atomic E-state index is 5.52. The fourth-order valence-electron chi connectivity index (χ4n) is 4.02. The van der Waals surface area contributed by atoms with E-state index in [4.69, 9.17) is 4.74 Å². The SMILES string of the molecule is CN=C(NCC(C)CN1CCCC1)NCC(CC(C)C)N1CCOCC1. The third kappa shape index (κ3) is 7.80. The van der Waals surface area contributed by atoms with Gasteiger partial charge in [-0.3, -0.25) is 9.89 Å². The van der Waals surface area contributed by atoms with E-state index in [1.807, 2.05) is 7.05 Å². The van der Waals surface area contributed by atoms with Crippen molar-refractivity contribution in [3.05, 3.63) is 0 Å². The molecule has 0 aliphatic carbocycles. The van der Waals surface area contributed by atoms with Gasteiger partial charge in [0.05, 0.1) is 13.2 Å². The predicted molar refractivity (Wildman–Crippen MR) is 110 cm³/mol. The number of guanidine groups is 1. The van der Waals surface area contributed by atoms with Crippen molar-refractivity contribution in [3.8, 4) is 0 Å². The molecule has 6 nitrogen and oxygen atoms in total. The molecule has 0 aromatic carbocycles. The van der Waals surface area contributed by atoms with Crippen molar-refractivity contribution in [3.63, 3.8) is 0 Å². The molecule has 2 heterocycles. The molecule has 0 amide bonds. The minimum Gasteiger partial charge on any atom is -0.379 e. The first-order valence-corrected chi connectivity index (χ1v) is 10.6.